The predicted molar refractivity (Wildman–Crippen MR) is 116 cm³/mol. The number of nitrogens with one attached hydrogen (secondary N) is 1. The van der Waals surface area contributed by atoms with Crippen molar-refractivity contribution in [3.8, 4) is 11.3 Å². The Morgan fingerprint density at radius 3 is 2.52 bits per heavy atom. The van der Waals surface area contributed by atoms with Gasteiger partial charge in [0.2, 0.25) is 0 Å². The normalized spacial score (nSPS) is 13.9. The van der Waals surface area contributed by atoms with Crippen LogP contribution in [0, 0.1) is 0 Å². The molecule has 1 amide bonds. The van der Waals surface area contributed by atoms with E-state index in [2.05, 4.69) is 20.2 Å². The number of nitrogens with zero attached hydrogens (tertiary/aromatic N) is 3. The molecular weight excluding hydrogens is 384 g/mol. The van der Waals surface area contributed by atoms with Crippen molar-refractivity contribution in [1.82, 2.24) is 15.3 Å². The van der Waals surface area contributed by atoms with Crippen LogP contribution in [0.15, 0.2) is 60.9 Å². The highest BCUT2D eigenvalue weighted by Crippen LogP contribution is 2.28. The molecule has 0 bridgehead atoms. The molecule has 1 N–H and O–H groups in total. The second-order valence-electron chi connectivity index (χ2n) is 7.17. The maximum Gasteiger partial charge on any atom is 0.251 e. The third-order valence-corrected chi connectivity index (χ3v) is 5.33. The van der Waals surface area contributed by atoms with Crippen molar-refractivity contribution in [3.05, 3.63) is 77.1 Å². The van der Waals surface area contributed by atoms with E-state index in [1.807, 2.05) is 48.5 Å². The summed E-state index contributed by atoms with van der Waals surface area (Å²) in [5.41, 5.74) is 3.40. The second kappa shape index (κ2) is 9.05. The first-order valence-electron chi connectivity index (χ1n) is 9.90. The van der Waals surface area contributed by atoms with Gasteiger partial charge in [0.25, 0.3) is 5.91 Å². The number of hydrogen-bond acceptors (Lipinski definition) is 4. The summed E-state index contributed by atoms with van der Waals surface area (Å²) < 4.78 is 0. The zero-order valence-electron chi connectivity index (χ0n) is 16.1. The quantitative estimate of drug-likeness (QED) is 0.666. The number of anilines is 1. The van der Waals surface area contributed by atoms with Crippen LogP contribution in [-0.2, 0) is 6.54 Å². The largest absolute Gasteiger partial charge is 0.355 e. The van der Waals surface area contributed by atoms with E-state index in [-0.39, 0.29) is 5.91 Å². The highest BCUT2D eigenvalue weighted by atomic mass is 35.5. The van der Waals surface area contributed by atoms with Gasteiger partial charge in [-0.1, -0.05) is 35.9 Å². The van der Waals surface area contributed by atoms with Gasteiger partial charge in [0.05, 0.1) is 0 Å². The number of carbonyl (C=O) groups excluding carboxylic acids is 1. The molecule has 1 aliphatic heterocycles. The molecule has 1 saturated heterocycles. The van der Waals surface area contributed by atoms with Crippen molar-refractivity contribution < 1.29 is 4.79 Å². The Kier molecular flexibility index (Phi) is 6.06. The van der Waals surface area contributed by atoms with Gasteiger partial charge in [-0.25, -0.2) is 4.98 Å². The van der Waals surface area contributed by atoms with E-state index < -0.39 is 0 Å². The zero-order chi connectivity index (χ0) is 20.1. The summed E-state index contributed by atoms with van der Waals surface area (Å²) in [6.45, 7) is 2.45. The highest BCUT2D eigenvalue weighted by molar-refractivity contribution is 6.30. The van der Waals surface area contributed by atoms with Crippen molar-refractivity contribution in [2.45, 2.75) is 25.8 Å². The summed E-state index contributed by atoms with van der Waals surface area (Å²) in [5.74, 6) is 0.803. The molecule has 1 fully saturated rings. The van der Waals surface area contributed by atoms with E-state index in [1.54, 1.807) is 12.4 Å². The lowest BCUT2D eigenvalue weighted by Gasteiger charge is -2.28. The lowest BCUT2D eigenvalue weighted by Crippen LogP contribution is -2.30. The van der Waals surface area contributed by atoms with Crippen LogP contribution in [0.3, 0.4) is 0 Å². The molecule has 1 aliphatic rings. The lowest BCUT2D eigenvalue weighted by molar-refractivity contribution is 0.0951. The van der Waals surface area contributed by atoms with Gasteiger partial charge in [-0.05, 0) is 49.1 Å². The summed E-state index contributed by atoms with van der Waals surface area (Å²) in [5, 5.41) is 3.59. The van der Waals surface area contributed by atoms with Crippen molar-refractivity contribution >= 4 is 23.3 Å². The Balaban J connectivity index is 1.47. The van der Waals surface area contributed by atoms with Crippen LogP contribution in [0.2, 0.25) is 5.02 Å². The number of aromatic nitrogens is 2. The summed E-state index contributed by atoms with van der Waals surface area (Å²) in [6, 6.07) is 15.0. The Hall–Kier alpha value is -2.92. The smallest absolute Gasteiger partial charge is 0.251 e. The number of hydrogen-bond donors (Lipinski definition) is 1. The summed E-state index contributed by atoms with van der Waals surface area (Å²) in [7, 11) is 0. The van der Waals surface area contributed by atoms with Gasteiger partial charge in [-0.2, -0.15) is 0 Å². The minimum atomic E-state index is -0.119. The fourth-order valence-corrected chi connectivity index (χ4v) is 3.80. The molecule has 29 heavy (non-hydrogen) atoms. The number of piperidine rings is 1. The summed E-state index contributed by atoms with van der Waals surface area (Å²) in [6.07, 6.45) is 7.09. The van der Waals surface area contributed by atoms with Crippen molar-refractivity contribution in [1.29, 1.82) is 0 Å². The third-order valence-electron chi connectivity index (χ3n) is 5.10. The highest BCUT2D eigenvalue weighted by Gasteiger charge is 2.18. The minimum absolute atomic E-state index is 0.119. The van der Waals surface area contributed by atoms with E-state index >= 15 is 0 Å². The maximum atomic E-state index is 12.5. The van der Waals surface area contributed by atoms with Gasteiger partial charge in [0.15, 0.2) is 5.82 Å². The van der Waals surface area contributed by atoms with E-state index in [0.717, 1.165) is 35.7 Å². The number of carbonyl (C=O) groups is 1. The Labute approximate surface area is 175 Å². The second-order valence-corrected chi connectivity index (χ2v) is 7.60. The van der Waals surface area contributed by atoms with Crippen molar-refractivity contribution in [2.24, 2.45) is 0 Å². The third kappa shape index (κ3) is 4.74. The standard InChI is InChI=1S/C23H23ClN4O/c24-20-6-4-5-17(15-20)16-27-23(29)19-9-7-18(8-10-19)21-22(26-12-11-25-21)28-13-2-1-3-14-28/h4-12,15H,1-3,13-14,16H2,(H,27,29). The molecule has 0 radical (unpaired) electrons. The molecular formula is C23H23ClN4O. The lowest BCUT2D eigenvalue weighted by atomic mass is 10.1. The van der Waals surface area contributed by atoms with Crippen LogP contribution in [0.25, 0.3) is 11.3 Å². The van der Waals surface area contributed by atoms with Gasteiger partial charge in [-0.15, -0.1) is 0 Å². The van der Waals surface area contributed by atoms with Crippen molar-refractivity contribution in [2.75, 3.05) is 18.0 Å². The van der Waals surface area contributed by atoms with Gasteiger partial charge in [0.1, 0.15) is 5.69 Å². The Morgan fingerprint density at radius 1 is 1.00 bits per heavy atom. The zero-order valence-corrected chi connectivity index (χ0v) is 16.9. The molecule has 2 aromatic carbocycles. The molecule has 0 spiro atoms. The SMILES string of the molecule is O=C(NCc1cccc(Cl)c1)c1ccc(-c2nccnc2N2CCCCC2)cc1. The molecule has 1 aromatic heterocycles. The Bertz CT molecular complexity index is 984. The van der Waals surface area contributed by atoms with Crippen LogP contribution in [-0.4, -0.2) is 29.0 Å². The maximum absolute atomic E-state index is 12.5. The first-order valence-corrected chi connectivity index (χ1v) is 10.3. The van der Waals surface area contributed by atoms with Gasteiger partial charge in [0, 0.05) is 48.2 Å². The molecule has 0 atom stereocenters. The average molecular weight is 407 g/mol. The first-order chi connectivity index (χ1) is 14.2. The summed E-state index contributed by atoms with van der Waals surface area (Å²) in [4.78, 5) is 23.9. The molecule has 2 heterocycles. The number of amides is 1. The van der Waals surface area contributed by atoms with Crippen LogP contribution in [0.5, 0.6) is 0 Å². The monoisotopic (exact) mass is 406 g/mol. The molecule has 0 aliphatic carbocycles. The van der Waals surface area contributed by atoms with Crippen molar-refractivity contribution in [3.63, 3.8) is 0 Å². The van der Waals surface area contributed by atoms with E-state index in [4.69, 9.17) is 11.6 Å². The summed E-state index contributed by atoms with van der Waals surface area (Å²) >= 11 is 5.99. The first kappa shape index (κ1) is 19.4. The molecule has 0 unspecified atom stereocenters. The molecule has 148 valence electrons. The van der Waals surface area contributed by atoms with Gasteiger partial charge < -0.3 is 10.2 Å². The number of halogens is 1. The topological polar surface area (TPSA) is 58.1 Å². The molecule has 3 aromatic rings. The fourth-order valence-electron chi connectivity index (χ4n) is 3.58. The van der Waals surface area contributed by atoms with Gasteiger partial charge in [-0.3, -0.25) is 9.78 Å². The number of benzene rings is 2. The van der Waals surface area contributed by atoms with E-state index in [1.165, 1.54) is 19.3 Å². The van der Waals surface area contributed by atoms with E-state index in [9.17, 15) is 4.79 Å². The van der Waals surface area contributed by atoms with Crippen LogP contribution >= 0.6 is 11.6 Å². The van der Waals surface area contributed by atoms with Crippen LogP contribution in [0.4, 0.5) is 5.82 Å². The molecule has 5 nitrogen and oxygen atoms in total. The number of rotatable bonds is 5. The molecule has 4 rings (SSSR count). The average Bonchev–Trinajstić information content (AvgIpc) is 2.78. The van der Waals surface area contributed by atoms with Crippen LogP contribution < -0.4 is 10.2 Å². The fraction of sp³-hybridized carbons (Fsp3) is 0.261. The van der Waals surface area contributed by atoms with Gasteiger partial charge >= 0.3 is 0 Å². The Morgan fingerprint density at radius 2 is 1.76 bits per heavy atom. The predicted octanol–water partition coefficient (Wildman–Crippen LogP) is 4.72. The molecule has 0 saturated carbocycles. The van der Waals surface area contributed by atoms with Crippen LogP contribution in [0.1, 0.15) is 35.2 Å². The minimum Gasteiger partial charge on any atom is -0.355 e. The molecule has 6 heteroatoms. The van der Waals surface area contributed by atoms with E-state index in [0.29, 0.717) is 17.1 Å².